The van der Waals surface area contributed by atoms with E-state index in [1.165, 1.54) is 0 Å². The van der Waals surface area contributed by atoms with Crippen LogP contribution in [-0.2, 0) is 10.2 Å². The summed E-state index contributed by atoms with van der Waals surface area (Å²) in [6.07, 6.45) is 0.693. The zero-order valence-electron chi connectivity index (χ0n) is 18.1. The maximum Gasteiger partial charge on any atom is 0.269 e. The lowest BCUT2D eigenvalue weighted by Gasteiger charge is -2.17. The van der Waals surface area contributed by atoms with Crippen LogP contribution in [0.15, 0.2) is 95.2 Å². The van der Waals surface area contributed by atoms with Gasteiger partial charge in [-0.1, -0.05) is 78.9 Å². The number of azo groups is 1. The summed E-state index contributed by atoms with van der Waals surface area (Å²) in [7, 11) is 0. The van der Waals surface area contributed by atoms with Gasteiger partial charge < -0.3 is 9.67 Å². The third-order valence-electron chi connectivity index (χ3n) is 6.46. The fourth-order valence-corrected chi connectivity index (χ4v) is 4.86. The van der Waals surface area contributed by atoms with Gasteiger partial charge in [0.1, 0.15) is 0 Å². The Morgan fingerprint density at radius 3 is 2.09 bits per heavy atom. The van der Waals surface area contributed by atoms with E-state index in [1.54, 1.807) is 0 Å². The second-order valence-corrected chi connectivity index (χ2v) is 8.65. The summed E-state index contributed by atoms with van der Waals surface area (Å²) in [4.78, 5) is 13.2. The molecule has 0 bridgehead atoms. The first kappa shape index (κ1) is 20.2. The Morgan fingerprint density at radius 2 is 1.50 bits per heavy atom. The molecule has 0 radical (unpaired) electrons. The molecule has 5 nitrogen and oxygen atoms in total. The second kappa shape index (κ2) is 7.75. The highest BCUT2D eigenvalue weighted by Crippen LogP contribution is 2.59. The minimum atomic E-state index is -0.382. The Hall–Kier alpha value is -3.73. The molecule has 0 aliphatic heterocycles. The van der Waals surface area contributed by atoms with Crippen LogP contribution in [0.3, 0.4) is 0 Å². The van der Waals surface area contributed by atoms with Crippen LogP contribution < -0.4 is 0 Å². The molecular formula is C27H25N3O2. The van der Waals surface area contributed by atoms with E-state index in [1.807, 2.05) is 79.1 Å². The second-order valence-electron chi connectivity index (χ2n) is 8.65. The third kappa shape index (κ3) is 3.12. The summed E-state index contributed by atoms with van der Waals surface area (Å²) < 4.78 is 1.81. The van der Waals surface area contributed by atoms with Crippen molar-refractivity contribution in [2.24, 2.45) is 16.1 Å². The van der Waals surface area contributed by atoms with Gasteiger partial charge in [0.15, 0.2) is 5.69 Å². The van der Waals surface area contributed by atoms with E-state index in [-0.39, 0.29) is 29.2 Å². The zero-order valence-corrected chi connectivity index (χ0v) is 18.1. The number of aromatic nitrogens is 1. The van der Waals surface area contributed by atoms with Crippen LogP contribution in [0, 0.1) is 5.92 Å². The van der Waals surface area contributed by atoms with Crippen LogP contribution >= 0.6 is 0 Å². The molecule has 1 fully saturated rings. The number of rotatable bonds is 5. The summed E-state index contributed by atoms with van der Waals surface area (Å²) in [5, 5.41) is 19.9. The minimum absolute atomic E-state index is 0.0333. The summed E-state index contributed by atoms with van der Waals surface area (Å²) in [5.41, 5.74) is 3.05. The topological polar surface area (TPSA) is 66.9 Å². The van der Waals surface area contributed by atoms with E-state index in [2.05, 4.69) is 34.5 Å². The number of benzene rings is 3. The van der Waals surface area contributed by atoms with E-state index in [4.69, 9.17) is 0 Å². The SMILES string of the molecule is CC(C)n1c(O)c(N=NC(=O)C2CC2(c2ccccc2)c2ccccc2)c2ccccc21. The van der Waals surface area contributed by atoms with Gasteiger partial charge in [-0.3, -0.25) is 4.79 Å². The average molecular weight is 424 g/mol. The van der Waals surface area contributed by atoms with Crippen molar-refractivity contribution < 1.29 is 9.90 Å². The molecule has 5 rings (SSSR count). The molecule has 1 heterocycles. The van der Waals surface area contributed by atoms with Crippen molar-refractivity contribution in [3.63, 3.8) is 0 Å². The number of amides is 1. The number of aromatic hydroxyl groups is 1. The molecule has 1 aliphatic carbocycles. The number of para-hydroxylation sites is 1. The summed E-state index contributed by atoms with van der Waals surface area (Å²) in [6.45, 7) is 3.99. The van der Waals surface area contributed by atoms with Gasteiger partial charge in [0.2, 0.25) is 5.88 Å². The highest BCUT2D eigenvalue weighted by atomic mass is 16.3. The molecule has 1 N–H and O–H groups in total. The average Bonchev–Trinajstić information content (AvgIpc) is 3.52. The van der Waals surface area contributed by atoms with Crippen LogP contribution in [0.5, 0.6) is 5.88 Å². The summed E-state index contributed by atoms with van der Waals surface area (Å²) in [5.74, 6) is -0.513. The molecule has 160 valence electrons. The van der Waals surface area contributed by atoms with Crippen LogP contribution in [0.4, 0.5) is 5.69 Å². The van der Waals surface area contributed by atoms with E-state index in [9.17, 15) is 9.90 Å². The van der Waals surface area contributed by atoms with Crippen molar-refractivity contribution >= 4 is 22.5 Å². The molecule has 0 saturated heterocycles. The number of hydrogen-bond donors (Lipinski definition) is 1. The molecule has 4 aromatic rings. The molecule has 1 unspecified atom stereocenters. The Balaban J connectivity index is 1.51. The van der Waals surface area contributed by atoms with Crippen molar-refractivity contribution in [2.75, 3.05) is 0 Å². The van der Waals surface area contributed by atoms with Gasteiger partial charge in [0.25, 0.3) is 5.91 Å². The number of nitrogens with zero attached hydrogens (tertiary/aromatic N) is 3. The van der Waals surface area contributed by atoms with Crippen molar-refractivity contribution in [2.45, 2.75) is 31.7 Å². The molecule has 5 heteroatoms. The highest BCUT2D eigenvalue weighted by molar-refractivity contribution is 5.95. The minimum Gasteiger partial charge on any atom is -0.493 e. The van der Waals surface area contributed by atoms with Crippen molar-refractivity contribution in [3.05, 3.63) is 96.1 Å². The number of carbonyl (C=O) groups is 1. The van der Waals surface area contributed by atoms with Gasteiger partial charge in [0, 0.05) is 16.8 Å². The largest absolute Gasteiger partial charge is 0.493 e. The van der Waals surface area contributed by atoms with Gasteiger partial charge in [-0.2, -0.15) is 0 Å². The Bertz CT molecular complexity index is 1270. The lowest BCUT2D eigenvalue weighted by Crippen LogP contribution is -2.16. The quantitative estimate of drug-likeness (QED) is 0.370. The Morgan fingerprint density at radius 1 is 0.938 bits per heavy atom. The predicted octanol–water partition coefficient (Wildman–Crippen LogP) is 6.54. The lowest BCUT2D eigenvalue weighted by molar-refractivity contribution is -0.119. The van der Waals surface area contributed by atoms with Crippen LogP contribution in [0.2, 0.25) is 0 Å². The fourth-order valence-electron chi connectivity index (χ4n) is 4.86. The number of hydrogen-bond acceptors (Lipinski definition) is 3. The molecule has 1 aromatic heterocycles. The maximum absolute atomic E-state index is 13.2. The normalized spacial score (nSPS) is 17.3. The molecule has 1 atom stereocenters. The third-order valence-corrected chi connectivity index (χ3v) is 6.46. The first-order valence-corrected chi connectivity index (χ1v) is 10.9. The maximum atomic E-state index is 13.2. The highest BCUT2D eigenvalue weighted by Gasteiger charge is 2.60. The van der Waals surface area contributed by atoms with Crippen LogP contribution in [0.25, 0.3) is 10.9 Å². The van der Waals surface area contributed by atoms with Gasteiger partial charge in [-0.25, -0.2) is 0 Å². The van der Waals surface area contributed by atoms with Crippen molar-refractivity contribution in [1.82, 2.24) is 4.57 Å². The molecule has 1 aliphatic rings. The molecule has 0 spiro atoms. The lowest BCUT2D eigenvalue weighted by atomic mass is 9.85. The molecule has 1 saturated carbocycles. The van der Waals surface area contributed by atoms with Crippen LogP contribution in [0.1, 0.15) is 37.4 Å². The summed E-state index contributed by atoms with van der Waals surface area (Å²) in [6, 6.07) is 27.9. The van der Waals surface area contributed by atoms with E-state index in [0.717, 1.165) is 22.0 Å². The molecule has 3 aromatic carbocycles. The van der Waals surface area contributed by atoms with Crippen molar-refractivity contribution in [1.29, 1.82) is 0 Å². The van der Waals surface area contributed by atoms with Gasteiger partial charge in [-0.15, -0.1) is 10.2 Å². The Labute approximate surface area is 187 Å². The number of carbonyl (C=O) groups excluding carboxylic acids is 1. The van der Waals surface area contributed by atoms with Gasteiger partial charge in [-0.05, 0) is 37.5 Å². The molecule has 32 heavy (non-hydrogen) atoms. The Kier molecular flexibility index (Phi) is 4.89. The molecular weight excluding hydrogens is 398 g/mol. The van der Waals surface area contributed by atoms with E-state index >= 15 is 0 Å². The standard InChI is InChI=1S/C27H25N3O2/c1-18(2)30-23-16-10-9-15-21(23)24(26(30)32)28-29-25(31)22-17-27(22,19-11-5-3-6-12-19)20-13-7-4-8-14-20/h3-16,18,22,32H,17H2,1-2H3. The first-order chi connectivity index (χ1) is 15.5. The monoisotopic (exact) mass is 423 g/mol. The first-order valence-electron chi connectivity index (χ1n) is 10.9. The predicted molar refractivity (Wildman–Crippen MR) is 125 cm³/mol. The molecule has 1 amide bonds. The van der Waals surface area contributed by atoms with Crippen molar-refractivity contribution in [3.8, 4) is 5.88 Å². The van der Waals surface area contributed by atoms with Gasteiger partial charge in [0.05, 0.1) is 11.4 Å². The van der Waals surface area contributed by atoms with Gasteiger partial charge >= 0.3 is 0 Å². The van der Waals surface area contributed by atoms with E-state index in [0.29, 0.717) is 12.1 Å². The number of fused-ring (bicyclic) bond motifs is 1. The smallest absolute Gasteiger partial charge is 0.269 e. The zero-order chi connectivity index (χ0) is 22.3. The summed E-state index contributed by atoms with van der Waals surface area (Å²) >= 11 is 0. The van der Waals surface area contributed by atoms with Crippen LogP contribution in [-0.4, -0.2) is 15.6 Å². The van der Waals surface area contributed by atoms with E-state index < -0.39 is 0 Å². The fraction of sp³-hybridized carbons (Fsp3) is 0.222.